The Kier molecular flexibility index (Phi) is 31.2. The molecule has 7 atom stereocenters. The molecule has 28 heteroatoms. The van der Waals surface area contributed by atoms with E-state index in [9.17, 15) is 63.3 Å². The van der Waals surface area contributed by atoms with Crippen molar-refractivity contribution < 1.29 is 134 Å². The molecule has 10 aromatic rings. The molecule has 28 nitrogen and oxygen atoms in total. The van der Waals surface area contributed by atoms with Crippen molar-refractivity contribution >= 4 is 65.7 Å². The number of carbonyl (C=O) groups is 11. The number of carbonyl (C=O) groups excluding carboxylic acids is 9. The number of aliphatic carboxylic acids is 1. The highest BCUT2D eigenvalue weighted by Gasteiger charge is 2.48. The van der Waals surface area contributed by atoms with Crippen LogP contribution in [0.1, 0.15) is 98.8 Å². The lowest BCUT2D eigenvalue weighted by Crippen LogP contribution is -2.37. The van der Waals surface area contributed by atoms with Crippen molar-refractivity contribution in [1.29, 1.82) is 0 Å². The molecule has 0 amide bonds. The molecule has 0 bridgehead atoms. The van der Waals surface area contributed by atoms with E-state index in [2.05, 4.69) is 57.2 Å². The summed E-state index contributed by atoms with van der Waals surface area (Å²) in [4.78, 5) is 144. The average Bonchev–Trinajstić information content (AvgIpc) is 1.54. The SMILES string of the molecule is C=CC(=O)OCC(O)COC(=O)c1ccc(-c2ccc(C(=O)O)c(C(=O)OC(COC(=O)C=C)COc3ccc(C4(c5ccc(OCC(COC(=O)C=C)OC(=O)C6CC=CCC6C(=O)O)cc5)c5ccccc5-c5ccccc54)cc3)c2)cc1C(=O)OC(COC(=O)C=C)COc1ccc(C2(c3ccc(OCC(COC(=O)C=C)OC)cc3)c3ccccc3-c3ccccc32)cc1. The van der Waals surface area contributed by atoms with Gasteiger partial charge in [0.25, 0.3) is 0 Å². The lowest BCUT2D eigenvalue weighted by Gasteiger charge is -2.34. The first kappa shape index (κ1) is 94.5. The third-order valence-electron chi connectivity index (χ3n) is 22.6. The number of fused-ring (bicyclic) bond motifs is 6. The molecule has 0 fully saturated rings. The number of allylic oxidation sites excluding steroid dienone is 2. The fourth-order valence-corrected chi connectivity index (χ4v) is 16.2. The molecule has 680 valence electrons. The summed E-state index contributed by atoms with van der Waals surface area (Å²) in [5.41, 5.74) is 7.16. The minimum Gasteiger partial charge on any atom is -0.491 e. The Hall–Kier alpha value is -16.1. The lowest BCUT2D eigenvalue weighted by atomic mass is 9.68. The third-order valence-corrected chi connectivity index (χ3v) is 22.6. The van der Waals surface area contributed by atoms with Gasteiger partial charge in [0.15, 0.2) is 18.3 Å². The molecule has 0 saturated heterocycles. The number of aliphatic hydroxyl groups excluding tert-OH is 1. The summed E-state index contributed by atoms with van der Waals surface area (Å²) in [6, 6.07) is 68.4. The standard InChI is InChI=1S/C105H92O28/c1-7-93(107)125-54-70(106)55-130-100(116)86-51-33-65(53-88(86)103(119)133-78(63-129-97(111)11-5)60-124-74-48-40-67(41-49-74)104(89-28-18-14-22-79(89)80-23-15-19-29-90(80)104)66-34-42-71(43-35-66)121-56-75(120-6)57-126-94(108)8-2)64-32-50-84(99(114)115)87(52-64)102(118)132-77(62-128-96(110)10-4)59-123-73-46-38-69(39-47-73)105(91-30-20-16-24-81(91)82-25-17-21-31-92(82)105)68-36-44-72(45-37-68)122-58-76(61-127-95(109)9-3)131-101(117)85-27-13-12-26-83(85)98(112)113/h7-25,28-53,70,75-78,83,85,106H,1-5,26-27,54-63H2,6H3,(H,112,113)(H,114,115). The van der Waals surface area contributed by atoms with E-state index < -0.39 is 187 Å². The predicted molar refractivity (Wildman–Crippen MR) is 482 cm³/mol. The summed E-state index contributed by atoms with van der Waals surface area (Å²) in [7, 11) is 1.48. The monoisotopic (exact) mass is 1800 g/mol. The van der Waals surface area contributed by atoms with Gasteiger partial charge in [-0.1, -0.05) is 203 Å². The highest BCUT2D eigenvalue weighted by Crippen LogP contribution is 2.58. The Balaban J connectivity index is 0.753. The van der Waals surface area contributed by atoms with Crippen molar-refractivity contribution in [2.45, 2.75) is 54.2 Å². The molecule has 0 aliphatic heterocycles. The zero-order valence-electron chi connectivity index (χ0n) is 72.1. The molecule has 7 unspecified atom stereocenters. The van der Waals surface area contributed by atoms with Gasteiger partial charge in [0.2, 0.25) is 0 Å². The van der Waals surface area contributed by atoms with Crippen LogP contribution in [-0.2, 0) is 91.8 Å². The minimum atomic E-state index is -1.57. The molecule has 10 aromatic carbocycles. The second-order valence-corrected chi connectivity index (χ2v) is 30.7. The topological polar surface area (TPSA) is 378 Å². The number of hydrogen-bond acceptors (Lipinski definition) is 26. The van der Waals surface area contributed by atoms with Gasteiger partial charge in [0, 0.05) is 37.5 Å². The van der Waals surface area contributed by atoms with Gasteiger partial charge in [-0.05, 0) is 164 Å². The highest BCUT2D eigenvalue weighted by atomic mass is 16.6. The molecule has 0 aromatic heterocycles. The van der Waals surface area contributed by atoms with Crippen LogP contribution in [0.5, 0.6) is 23.0 Å². The van der Waals surface area contributed by atoms with Gasteiger partial charge in [0.1, 0.15) is 101 Å². The van der Waals surface area contributed by atoms with Crippen molar-refractivity contribution in [3.05, 3.63) is 373 Å². The molecule has 0 radical (unpaired) electrons. The molecule has 0 heterocycles. The maximum Gasteiger partial charge on any atom is 0.339 e. The second-order valence-electron chi connectivity index (χ2n) is 30.7. The van der Waals surface area contributed by atoms with Gasteiger partial charge in [0.05, 0.1) is 44.9 Å². The fraction of sp³-hybridized carbons (Fsp3) is 0.210. The van der Waals surface area contributed by atoms with E-state index in [1.807, 2.05) is 133 Å². The van der Waals surface area contributed by atoms with Crippen LogP contribution in [0.15, 0.2) is 306 Å². The van der Waals surface area contributed by atoms with Crippen molar-refractivity contribution in [2.24, 2.45) is 11.8 Å². The van der Waals surface area contributed by atoms with Crippen LogP contribution < -0.4 is 18.9 Å². The maximum atomic E-state index is 15.0. The van der Waals surface area contributed by atoms with E-state index in [1.165, 1.54) is 25.3 Å². The Morgan fingerprint density at radius 2 is 0.639 bits per heavy atom. The summed E-state index contributed by atoms with van der Waals surface area (Å²) < 4.78 is 80.0. The Morgan fingerprint density at radius 3 is 0.977 bits per heavy atom. The average molecular weight is 1800 g/mol. The van der Waals surface area contributed by atoms with Crippen LogP contribution in [-0.4, -0.2) is 185 Å². The molecule has 0 saturated carbocycles. The number of aliphatic hydroxyl groups is 1. The smallest absolute Gasteiger partial charge is 0.339 e. The number of rotatable bonds is 44. The first-order valence-electron chi connectivity index (χ1n) is 42.1. The first-order chi connectivity index (χ1) is 64.4. The maximum absolute atomic E-state index is 15.0. The third kappa shape index (κ3) is 21.8. The van der Waals surface area contributed by atoms with Crippen LogP contribution in [0.25, 0.3) is 33.4 Å². The van der Waals surface area contributed by atoms with Crippen molar-refractivity contribution in [1.82, 2.24) is 0 Å². The van der Waals surface area contributed by atoms with Crippen LogP contribution >= 0.6 is 0 Å². The summed E-state index contributed by atoms with van der Waals surface area (Å²) >= 11 is 0. The normalized spacial score (nSPS) is 14.8. The van der Waals surface area contributed by atoms with Crippen LogP contribution in [0.4, 0.5) is 0 Å². The van der Waals surface area contributed by atoms with Gasteiger partial charge in [-0.2, -0.15) is 0 Å². The summed E-state index contributed by atoms with van der Waals surface area (Å²) in [6.45, 7) is 12.9. The molecular formula is C105H92O28. The molecule has 3 aliphatic rings. The summed E-state index contributed by atoms with van der Waals surface area (Å²) in [5, 5.41) is 31.3. The number of esters is 9. The van der Waals surface area contributed by atoms with Crippen LogP contribution in [0.2, 0.25) is 0 Å². The van der Waals surface area contributed by atoms with E-state index in [0.717, 1.165) is 115 Å². The zero-order valence-corrected chi connectivity index (χ0v) is 72.1. The van der Waals surface area contributed by atoms with Gasteiger partial charge in [-0.3, -0.25) is 9.59 Å². The minimum absolute atomic E-state index is 0.0578. The molecular weight excluding hydrogens is 1710 g/mol. The number of carboxylic acids is 2. The Labute approximate surface area is 764 Å². The number of methoxy groups -OCH3 is 1. The summed E-state index contributed by atoms with van der Waals surface area (Å²) in [5.74, 6) is -11.9. The van der Waals surface area contributed by atoms with Gasteiger partial charge in [-0.25, -0.2) is 43.2 Å². The molecule has 0 spiro atoms. The van der Waals surface area contributed by atoms with Crippen LogP contribution in [0.3, 0.4) is 0 Å². The molecule has 3 N–H and O–H groups in total. The van der Waals surface area contributed by atoms with Crippen molar-refractivity contribution in [3.63, 3.8) is 0 Å². The largest absolute Gasteiger partial charge is 0.491 e. The first-order valence-corrected chi connectivity index (χ1v) is 42.1. The van der Waals surface area contributed by atoms with Gasteiger partial charge < -0.3 is 81.6 Å². The highest BCUT2D eigenvalue weighted by molar-refractivity contribution is 6.06. The molecule has 3 aliphatic carbocycles. The quantitative estimate of drug-likeness (QED) is 0.0138. The zero-order chi connectivity index (χ0) is 94.3. The van der Waals surface area contributed by atoms with E-state index in [4.69, 9.17) is 66.3 Å². The summed E-state index contributed by atoms with van der Waals surface area (Å²) in [6.07, 6.45) is 2.16. The van der Waals surface area contributed by atoms with E-state index >= 15 is 4.79 Å². The fourth-order valence-electron chi connectivity index (χ4n) is 16.2. The number of hydrogen-bond donors (Lipinski definition) is 3. The molecule has 133 heavy (non-hydrogen) atoms. The predicted octanol–water partition coefficient (Wildman–Crippen LogP) is 14.5. The Morgan fingerprint density at radius 1 is 0.338 bits per heavy atom. The van der Waals surface area contributed by atoms with E-state index in [1.54, 1.807) is 48.6 Å². The van der Waals surface area contributed by atoms with Gasteiger partial charge >= 0.3 is 65.7 Å². The van der Waals surface area contributed by atoms with E-state index in [-0.39, 0.29) is 55.3 Å². The number of carboxylic acid groups (broad SMARTS) is 2. The number of ether oxygens (including phenoxy) is 14. The number of benzene rings is 10. The Bertz CT molecular complexity index is 6000. The van der Waals surface area contributed by atoms with Crippen molar-refractivity contribution in [3.8, 4) is 56.4 Å². The van der Waals surface area contributed by atoms with Crippen molar-refractivity contribution in [2.75, 3.05) is 73.2 Å². The van der Waals surface area contributed by atoms with Crippen LogP contribution in [0, 0.1) is 11.8 Å². The molecule has 13 rings (SSSR count). The second kappa shape index (κ2) is 43.8. The lowest BCUT2D eigenvalue weighted by molar-refractivity contribution is -0.167. The van der Waals surface area contributed by atoms with E-state index in [0.29, 0.717) is 11.5 Å². The van der Waals surface area contributed by atoms with Gasteiger partial charge in [-0.15, -0.1) is 0 Å². The number of aromatic carboxylic acids is 1.